The Morgan fingerprint density at radius 2 is 1.15 bits per heavy atom. The van der Waals surface area contributed by atoms with Crippen molar-refractivity contribution in [2.75, 3.05) is 0 Å². The molecule has 1 saturated carbocycles. The van der Waals surface area contributed by atoms with Gasteiger partial charge in [0.1, 0.15) is 0 Å². The van der Waals surface area contributed by atoms with Crippen molar-refractivity contribution in [2.45, 2.75) is 35.5 Å². The molecule has 2 nitrogen and oxygen atoms in total. The summed E-state index contributed by atoms with van der Waals surface area (Å²) in [5, 5.41) is -5.90. The lowest BCUT2D eigenvalue weighted by Gasteiger charge is -2.49. The molecule has 0 aliphatic heterocycles. The molecule has 0 amide bonds. The van der Waals surface area contributed by atoms with Crippen molar-refractivity contribution >= 4 is 33.7 Å². The Labute approximate surface area is 115 Å². The SMILES string of the molecule is O=C(Cl)C1(F)CC(F)(F)C(F)(F)C(F)(F)C1(F)C(=O)Cl. The molecule has 20 heavy (non-hydrogen) atoms. The normalized spacial score (nSPS) is 38.3. The lowest BCUT2D eigenvalue weighted by molar-refractivity contribution is -0.381. The van der Waals surface area contributed by atoms with Crippen LogP contribution in [0.2, 0.25) is 0 Å². The highest BCUT2D eigenvalue weighted by Gasteiger charge is 2.93. The highest BCUT2D eigenvalue weighted by molar-refractivity contribution is 6.69. The van der Waals surface area contributed by atoms with E-state index < -0.39 is 46.0 Å². The molecule has 0 aromatic heterocycles. The molecule has 1 aliphatic rings. The van der Waals surface area contributed by atoms with E-state index in [2.05, 4.69) is 23.2 Å². The van der Waals surface area contributed by atoms with Crippen molar-refractivity contribution in [1.29, 1.82) is 0 Å². The van der Waals surface area contributed by atoms with E-state index in [0.29, 0.717) is 0 Å². The molecular formula is C8H2Cl2F8O2. The van der Waals surface area contributed by atoms with Crippen molar-refractivity contribution in [1.82, 2.24) is 0 Å². The smallest absolute Gasteiger partial charge is 0.277 e. The van der Waals surface area contributed by atoms with Gasteiger partial charge in [-0.3, -0.25) is 9.59 Å². The largest absolute Gasteiger partial charge is 0.376 e. The van der Waals surface area contributed by atoms with Crippen molar-refractivity contribution in [3.05, 3.63) is 0 Å². The van der Waals surface area contributed by atoms with E-state index in [9.17, 15) is 44.7 Å². The first-order chi connectivity index (χ1) is 8.59. The third kappa shape index (κ3) is 1.63. The highest BCUT2D eigenvalue weighted by atomic mass is 35.5. The third-order valence-electron chi connectivity index (χ3n) is 2.88. The number of rotatable bonds is 2. The Bertz CT molecular complexity index is 481. The van der Waals surface area contributed by atoms with Crippen LogP contribution in [0.25, 0.3) is 0 Å². The quantitative estimate of drug-likeness (QED) is 0.564. The van der Waals surface area contributed by atoms with Gasteiger partial charge in [0.25, 0.3) is 16.2 Å². The van der Waals surface area contributed by atoms with Crippen LogP contribution >= 0.6 is 23.2 Å². The predicted octanol–water partition coefficient (Wildman–Crippen LogP) is 3.24. The van der Waals surface area contributed by atoms with E-state index in [1.807, 2.05) is 0 Å². The molecule has 0 spiro atoms. The Hall–Kier alpha value is -0.640. The fourth-order valence-corrected chi connectivity index (χ4v) is 2.18. The molecule has 2 atom stereocenters. The minimum Gasteiger partial charge on any atom is -0.277 e. The Kier molecular flexibility index (Phi) is 3.64. The molecule has 0 bridgehead atoms. The summed E-state index contributed by atoms with van der Waals surface area (Å²) in [4.78, 5) is 21.3. The van der Waals surface area contributed by atoms with E-state index in [-0.39, 0.29) is 0 Å². The van der Waals surface area contributed by atoms with Gasteiger partial charge in [-0.1, -0.05) is 0 Å². The predicted molar refractivity (Wildman–Crippen MR) is 48.9 cm³/mol. The molecule has 2 unspecified atom stereocenters. The van der Waals surface area contributed by atoms with E-state index in [1.54, 1.807) is 0 Å². The van der Waals surface area contributed by atoms with Crippen LogP contribution in [0.3, 0.4) is 0 Å². The summed E-state index contributed by atoms with van der Waals surface area (Å²) in [6.07, 6.45) is -3.07. The summed E-state index contributed by atoms with van der Waals surface area (Å²) in [5.74, 6) is -18.9. The fraction of sp³-hybridized carbons (Fsp3) is 0.750. The second-order valence-corrected chi connectivity index (χ2v) is 4.72. The molecule has 0 saturated heterocycles. The molecule has 1 rings (SSSR count). The number of hydrogen-bond donors (Lipinski definition) is 0. The topological polar surface area (TPSA) is 34.1 Å². The van der Waals surface area contributed by atoms with Crippen molar-refractivity contribution in [3.8, 4) is 0 Å². The van der Waals surface area contributed by atoms with E-state index >= 15 is 0 Å². The third-order valence-corrected chi connectivity index (χ3v) is 3.44. The van der Waals surface area contributed by atoms with Gasteiger partial charge in [-0.2, -0.15) is 26.3 Å². The first kappa shape index (κ1) is 17.4. The zero-order valence-electron chi connectivity index (χ0n) is 8.80. The second-order valence-electron chi connectivity index (χ2n) is 4.04. The van der Waals surface area contributed by atoms with Gasteiger partial charge in [-0.25, -0.2) is 8.78 Å². The number of carbonyl (C=O) groups excluding carboxylic acids is 2. The number of halogens is 10. The summed E-state index contributed by atoms with van der Waals surface area (Å²) < 4.78 is 106. The summed E-state index contributed by atoms with van der Waals surface area (Å²) in [5.41, 5.74) is -10.9. The standard InChI is InChI=1S/C8H2Cl2F8O2/c9-2(19)4(11)1-5(12,13)7(15,16)8(17,18)6(4,14)3(10)20/h1H2. The number of carbonyl (C=O) groups is 2. The van der Waals surface area contributed by atoms with Gasteiger partial charge >= 0.3 is 17.8 Å². The molecule has 0 heterocycles. The number of alkyl halides is 8. The van der Waals surface area contributed by atoms with Gasteiger partial charge in [-0.05, 0) is 23.2 Å². The van der Waals surface area contributed by atoms with Gasteiger partial charge in [0.15, 0.2) is 0 Å². The molecule has 0 radical (unpaired) electrons. The molecule has 0 N–H and O–H groups in total. The van der Waals surface area contributed by atoms with Crippen LogP contribution in [-0.4, -0.2) is 39.6 Å². The molecule has 1 fully saturated rings. The van der Waals surface area contributed by atoms with Gasteiger partial charge in [-0.15, -0.1) is 0 Å². The van der Waals surface area contributed by atoms with Gasteiger partial charge in [0, 0.05) is 0 Å². The summed E-state index contributed by atoms with van der Waals surface area (Å²) in [6.45, 7) is 0. The zero-order valence-corrected chi connectivity index (χ0v) is 10.3. The maximum Gasteiger partial charge on any atom is 0.376 e. The summed E-state index contributed by atoms with van der Waals surface area (Å²) in [6, 6.07) is 0. The van der Waals surface area contributed by atoms with Crippen LogP contribution in [0.15, 0.2) is 0 Å². The van der Waals surface area contributed by atoms with Crippen LogP contribution in [0.4, 0.5) is 35.1 Å². The molecule has 1 aliphatic carbocycles. The van der Waals surface area contributed by atoms with Crippen LogP contribution in [0.1, 0.15) is 6.42 Å². The van der Waals surface area contributed by atoms with Crippen LogP contribution in [0, 0.1) is 0 Å². The summed E-state index contributed by atoms with van der Waals surface area (Å²) in [7, 11) is 0. The lowest BCUT2D eigenvalue weighted by Crippen LogP contribution is -2.79. The Balaban J connectivity index is 3.77. The molecule has 0 aromatic rings. The molecular weight excluding hydrogens is 351 g/mol. The van der Waals surface area contributed by atoms with Crippen LogP contribution in [-0.2, 0) is 9.59 Å². The molecule has 0 aromatic carbocycles. The highest BCUT2D eigenvalue weighted by Crippen LogP contribution is 2.64. The first-order valence-corrected chi connectivity index (χ1v) is 5.26. The molecule has 12 heteroatoms. The maximum absolute atomic E-state index is 13.9. The van der Waals surface area contributed by atoms with Crippen molar-refractivity contribution in [2.24, 2.45) is 0 Å². The maximum atomic E-state index is 13.9. The summed E-state index contributed by atoms with van der Waals surface area (Å²) >= 11 is 8.71. The van der Waals surface area contributed by atoms with Gasteiger partial charge in [0.2, 0.25) is 5.67 Å². The van der Waals surface area contributed by atoms with Crippen LogP contribution < -0.4 is 0 Å². The minimum absolute atomic E-state index is 2.82. The minimum atomic E-state index is -6.61. The fourth-order valence-electron chi connectivity index (χ4n) is 1.72. The molecule has 116 valence electrons. The average Bonchev–Trinajstić information content (AvgIpc) is 2.24. The van der Waals surface area contributed by atoms with Gasteiger partial charge < -0.3 is 0 Å². The monoisotopic (exact) mass is 352 g/mol. The Morgan fingerprint density at radius 3 is 1.45 bits per heavy atom. The lowest BCUT2D eigenvalue weighted by atomic mass is 9.69. The number of hydrogen-bond acceptors (Lipinski definition) is 2. The van der Waals surface area contributed by atoms with Gasteiger partial charge in [0.05, 0.1) is 6.42 Å². The average molecular weight is 353 g/mol. The van der Waals surface area contributed by atoms with Crippen molar-refractivity contribution < 1.29 is 44.7 Å². The van der Waals surface area contributed by atoms with Crippen LogP contribution in [0.5, 0.6) is 0 Å². The second kappa shape index (κ2) is 4.19. The zero-order chi connectivity index (χ0) is 16.4. The first-order valence-electron chi connectivity index (χ1n) is 4.51. The van der Waals surface area contributed by atoms with E-state index in [0.717, 1.165) is 0 Å². The Morgan fingerprint density at radius 1 is 0.750 bits per heavy atom. The van der Waals surface area contributed by atoms with E-state index in [1.165, 1.54) is 0 Å². The van der Waals surface area contributed by atoms with E-state index in [4.69, 9.17) is 0 Å². The van der Waals surface area contributed by atoms with Crippen molar-refractivity contribution in [3.63, 3.8) is 0 Å².